The first-order valence-corrected chi connectivity index (χ1v) is 21.8. The number of benzene rings is 11. The van der Waals surface area contributed by atoms with Gasteiger partial charge in [0, 0.05) is 5.41 Å². The Morgan fingerprint density at radius 2 is 0.790 bits per heavy atom. The van der Waals surface area contributed by atoms with Gasteiger partial charge >= 0.3 is 0 Å². The Morgan fingerprint density at radius 3 is 1.47 bits per heavy atom. The second-order valence-corrected chi connectivity index (χ2v) is 17.2. The van der Waals surface area contributed by atoms with E-state index in [2.05, 4.69) is 231 Å². The van der Waals surface area contributed by atoms with Crippen molar-refractivity contribution in [3.63, 3.8) is 0 Å². The Morgan fingerprint density at radius 1 is 0.274 bits per heavy atom. The van der Waals surface area contributed by atoms with Gasteiger partial charge < -0.3 is 0 Å². The van der Waals surface area contributed by atoms with Crippen LogP contribution in [-0.2, 0) is 5.41 Å². The van der Waals surface area contributed by atoms with Crippen molar-refractivity contribution in [3.8, 4) is 77.9 Å². The molecule has 0 spiro atoms. The Hall–Kier alpha value is -7.80. The maximum Gasteiger partial charge on any atom is 0.0435 e. The van der Waals surface area contributed by atoms with E-state index in [1.54, 1.807) is 0 Å². The van der Waals surface area contributed by atoms with Crippen LogP contribution in [0.2, 0.25) is 0 Å². The molecule has 62 heavy (non-hydrogen) atoms. The van der Waals surface area contributed by atoms with Gasteiger partial charge in [-0.25, -0.2) is 0 Å². The van der Waals surface area contributed by atoms with Crippen molar-refractivity contribution in [3.05, 3.63) is 241 Å². The predicted molar refractivity (Wildman–Crippen MR) is 263 cm³/mol. The molecular formula is C62H40. The third-order valence-corrected chi connectivity index (χ3v) is 14.0. The number of rotatable bonds is 5. The van der Waals surface area contributed by atoms with Gasteiger partial charge in [-0.15, -0.1) is 0 Å². The molecule has 0 bridgehead atoms. The minimum atomic E-state index is -0.325. The van der Waals surface area contributed by atoms with Crippen molar-refractivity contribution < 1.29 is 0 Å². The van der Waals surface area contributed by atoms with E-state index < -0.39 is 0 Å². The Bertz CT molecular complexity index is 3610. The molecule has 0 saturated carbocycles. The molecule has 0 saturated heterocycles. The largest absolute Gasteiger partial charge is 0.0622 e. The fourth-order valence-corrected chi connectivity index (χ4v) is 11.2. The van der Waals surface area contributed by atoms with Gasteiger partial charge in [-0.05, 0) is 158 Å². The van der Waals surface area contributed by atoms with Gasteiger partial charge in [-0.3, -0.25) is 0 Å². The van der Waals surface area contributed by atoms with Gasteiger partial charge in [-0.2, -0.15) is 0 Å². The molecule has 11 aromatic carbocycles. The second kappa shape index (κ2) is 13.4. The molecule has 0 amide bonds. The highest BCUT2D eigenvalue weighted by Crippen LogP contribution is 2.59. The smallest absolute Gasteiger partial charge is 0.0435 e. The lowest BCUT2D eigenvalue weighted by Crippen LogP contribution is -2.22. The van der Waals surface area contributed by atoms with E-state index in [-0.39, 0.29) is 5.41 Å². The summed E-state index contributed by atoms with van der Waals surface area (Å²) in [5.74, 6) is 0. The lowest BCUT2D eigenvalue weighted by atomic mass is 9.73. The topological polar surface area (TPSA) is 0 Å². The summed E-state index contributed by atoms with van der Waals surface area (Å²) in [6, 6.07) is 83.9. The molecule has 1 atom stereocenters. The molecule has 1 unspecified atom stereocenters. The van der Waals surface area contributed by atoms with E-state index in [4.69, 9.17) is 0 Å². The zero-order valence-corrected chi connectivity index (χ0v) is 34.4. The Kier molecular flexibility index (Phi) is 7.54. The third kappa shape index (κ3) is 4.95. The molecule has 0 heteroatoms. The van der Waals surface area contributed by atoms with Crippen LogP contribution in [0.5, 0.6) is 0 Å². The minimum absolute atomic E-state index is 0.325. The number of hydrogen-bond donors (Lipinski definition) is 0. The van der Waals surface area contributed by atoms with Crippen LogP contribution in [0.25, 0.3) is 110 Å². The van der Waals surface area contributed by atoms with Crippen molar-refractivity contribution in [2.75, 3.05) is 0 Å². The fourth-order valence-electron chi connectivity index (χ4n) is 11.2. The van der Waals surface area contributed by atoms with E-state index in [0.29, 0.717) is 0 Å². The number of fused-ring (bicyclic) bond motifs is 8. The van der Waals surface area contributed by atoms with E-state index in [0.717, 1.165) is 0 Å². The van der Waals surface area contributed by atoms with Gasteiger partial charge in [0.15, 0.2) is 0 Å². The average Bonchev–Trinajstić information content (AvgIpc) is 3.80. The SMILES string of the molecule is CC1(c2ccccc2)c2cc(-c3ccc(-c4c5c(c(-c6ccccc6)c6ccccc46)-c4cccc6cccc-5c46)cc3-c3ccccc3)ccc2-c2cc3ccccc3cc21. The molecule has 0 N–H and O–H groups in total. The van der Waals surface area contributed by atoms with Gasteiger partial charge in [0.1, 0.15) is 0 Å². The number of hydrogen-bond acceptors (Lipinski definition) is 0. The zero-order valence-electron chi connectivity index (χ0n) is 34.4. The molecular weight excluding hydrogens is 745 g/mol. The fraction of sp³-hybridized carbons (Fsp3) is 0.0323. The quantitative estimate of drug-likeness (QED) is 0.163. The highest BCUT2D eigenvalue weighted by molar-refractivity contribution is 6.27. The maximum absolute atomic E-state index is 2.49. The Labute approximate surface area is 362 Å². The lowest BCUT2D eigenvalue weighted by Gasteiger charge is -2.29. The van der Waals surface area contributed by atoms with E-state index in [9.17, 15) is 0 Å². The minimum Gasteiger partial charge on any atom is -0.0622 e. The molecule has 2 aliphatic carbocycles. The molecule has 11 aromatic rings. The van der Waals surface area contributed by atoms with E-state index >= 15 is 0 Å². The zero-order chi connectivity index (χ0) is 40.9. The molecule has 13 rings (SSSR count). The Balaban J connectivity index is 1.07. The van der Waals surface area contributed by atoms with Crippen molar-refractivity contribution in [2.45, 2.75) is 12.3 Å². The first-order chi connectivity index (χ1) is 30.6. The molecule has 0 aromatic heterocycles. The van der Waals surface area contributed by atoms with Gasteiger partial charge in [0.05, 0.1) is 0 Å². The first kappa shape index (κ1) is 35.0. The van der Waals surface area contributed by atoms with E-state index in [1.165, 1.54) is 127 Å². The standard InChI is InChI=1S/C62H40/c1-62(46-25-9-4-10-26-46)55-38-44(31-34-48(55)54-35-42-21-11-12-22-43(42)37-56(54)62)47-33-32-45(36-53(47)39-17-5-2-6-18-39)59-50-28-14-13-27-49(50)58(41-19-7-3-8-20-41)60-51-29-15-23-40-24-16-30-52(57(40)51)61(59)60/h2-38H,1H3. The molecule has 288 valence electrons. The summed E-state index contributed by atoms with van der Waals surface area (Å²) in [7, 11) is 0. The summed E-state index contributed by atoms with van der Waals surface area (Å²) >= 11 is 0. The monoisotopic (exact) mass is 784 g/mol. The van der Waals surface area contributed by atoms with Gasteiger partial charge in [0.25, 0.3) is 0 Å². The van der Waals surface area contributed by atoms with Crippen molar-refractivity contribution in [2.24, 2.45) is 0 Å². The predicted octanol–water partition coefficient (Wildman–Crippen LogP) is 16.8. The first-order valence-electron chi connectivity index (χ1n) is 21.8. The van der Waals surface area contributed by atoms with Crippen molar-refractivity contribution in [1.29, 1.82) is 0 Å². The molecule has 0 fully saturated rings. The maximum atomic E-state index is 2.49. The molecule has 0 radical (unpaired) electrons. The molecule has 2 aliphatic rings. The highest BCUT2D eigenvalue weighted by atomic mass is 14.4. The third-order valence-electron chi connectivity index (χ3n) is 14.0. The molecule has 0 heterocycles. The summed E-state index contributed by atoms with van der Waals surface area (Å²) < 4.78 is 0. The van der Waals surface area contributed by atoms with Crippen LogP contribution in [0.3, 0.4) is 0 Å². The summed E-state index contributed by atoms with van der Waals surface area (Å²) in [4.78, 5) is 0. The van der Waals surface area contributed by atoms with Crippen molar-refractivity contribution in [1.82, 2.24) is 0 Å². The summed E-state index contributed by atoms with van der Waals surface area (Å²) in [6.45, 7) is 2.43. The van der Waals surface area contributed by atoms with Gasteiger partial charge in [-0.1, -0.05) is 200 Å². The van der Waals surface area contributed by atoms with Crippen LogP contribution < -0.4 is 0 Å². The summed E-state index contributed by atoms with van der Waals surface area (Å²) in [5.41, 5.74) is 21.5. The average molecular weight is 785 g/mol. The molecule has 0 nitrogen and oxygen atoms in total. The summed E-state index contributed by atoms with van der Waals surface area (Å²) in [5, 5.41) is 7.71. The highest BCUT2D eigenvalue weighted by Gasteiger charge is 2.41. The van der Waals surface area contributed by atoms with Crippen LogP contribution in [0.4, 0.5) is 0 Å². The van der Waals surface area contributed by atoms with Crippen molar-refractivity contribution >= 4 is 32.3 Å². The van der Waals surface area contributed by atoms with Crippen LogP contribution in [0, 0.1) is 0 Å². The second-order valence-electron chi connectivity index (χ2n) is 17.2. The molecule has 0 aliphatic heterocycles. The van der Waals surface area contributed by atoms with Crippen LogP contribution in [0.1, 0.15) is 23.6 Å². The summed E-state index contributed by atoms with van der Waals surface area (Å²) in [6.07, 6.45) is 0. The normalized spacial score (nSPS) is 14.6. The van der Waals surface area contributed by atoms with Gasteiger partial charge in [0.2, 0.25) is 0 Å². The van der Waals surface area contributed by atoms with Crippen LogP contribution >= 0.6 is 0 Å². The van der Waals surface area contributed by atoms with Crippen LogP contribution in [-0.4, -0.2) is 0 Å². The van der Waals surface area contributed by atoms with E-state index in [1.807, 2.05) is 0 Å². The van der Waals surface area contributed by atoms with Crippen LogP contribution in [0.15, 0.2) is 224 Å². The lowest BCUT2D eigenvalue weighted by molar-refractivity contribution is 0.715.